The van der Waals surface area contributed by atoms with Gasteiger partial charge in [-0.2, -0.15) is 0 Å². The second-order valence-electron chi connectivity index (χ2n) is 9.04. The Morgan fingerprint density at radius 2 is 1.14 bits per heavy atom. The molecule has 6 unspecified atom stereocenters. The van der Waals surface area contributed by atoms with Crippen LogP contribution in [-0.4, -0.2) is 21.6 Å². The maximum Gasteiger partial charge on any atom is -0.00595 e. The molecule has 4 rings (SSSR count). The minimum Gasteiger partial charge on any atom is -0.112 e. The summed E-state index contributed by atoms with van der Waals surface area (Å²) in [6, 6.07) is 0. The molecule has 4 bridgehead atoms. The van der Waals surface area contributed by atoms with Gasteiger partial charge >= 0.3 is 0 Å². The van der Waals surface area contributed by atoms with Gasteiger partial charge in [-0.25, -0.2) is 0 Å². The Hall–Kier alpha value is 0.860. The second-order valence-corrected chi connectivity index (χ2v) is 13.2. The zero-order chi connectivity index (χ0) is 14.6. The van der Waals surface area contributed by atoms with Crippen molar-refractivity contribution in [1.29, 1.82) is 0 Å². The van der Waals surface area contributed by atoms with E-state index in [-0.39, 0.29) is 0 Å². The minimum atomic E-state index is 0.620. The zero-order valence-corrected chi connectivity index (χ0v) is 16.1. The van der Waals surface area contributed by atoms with Crippen LogP contribution < -0.4 is 0 Å². The monoisotopic (exact) mass is 324 g/mol. The molecule has 0 aromatic carbocycles. The first-order chi connectivity index (χ1) is 10.1. The molecule has 4 aliphatic rings. The highest BCUT2D eigenvalue weighted by atomic mass is 31.1. The quantitative estimate of drug-likeness (QED) is 0.521. The van der Waals surface area contributed by atoms with Crippen molar-refractivity contribution in [2.24, 2.45) is 5.41 Å². The van der Waals surface area contributed by atoms with E-state index in [9.17, 15) is 0 Å². The van der Waals surface area contributed by atoms with Crippen LogP contribution in [0.15, 0.2) is 0 Å². The first-order valence-corrected chi connectivity index (χ1v) is 11.8. The lowest BCUT2D eigenvalue weighted by atomic mass is 9.61. The third-order valence-electron chi connectivity index (χ3n) is 8.01. The lowest BCUT2D eigenvalue weighted by Crippen LogP contribution is -2.52. The van der Waals surface area contributed by atoms with Crippen molar-refractivity contribution < 1.29 is 0 Å². The van der Waals surface area contributed by atoms with E-state index in [2.05, 4.69) is 13.8 Å². The largest absolute Gasteiger partial charge is 0.112 e. The Balaban J connectivity index is 1.68. The Labute approximate surface area is 135 Å². The van der Waals surface area contributed by atoms with Gasteiger partial charge in [0.15, 0.2) is 0 Å². The van der Waals surface area contributed by atoms with Gasteiger partial charge < -0.3 is 0 Å². The van der Waals surface area contributed by atoms with Crippen molar-refractivity contribution in [3.8, 4) is 0 Å². The molecule has 4 fully saturated rings. The van der Waals surface area contributed by atoms with Gasteiger partial charge in [-0.15, -0.1) is 17.2 Å². The first kappa shape index (κ1) is 15.4. The van der Waals surface area contributed by atoms with Gasteiger partial charge in [0.25, 0.3) is 0 Å². The predicted molar refractivity (Wildman–Crippen MR) is 98.9 cm³/mol. The Morgan fingerprint density at radius 3 is 1.62 bits per heavy atom. The highest BCUT2D eigenvalue weighted by Crippen LogP contribution is 2.72. The smallest absolute Gasteiger partial charge is 0.00595 e. The maximum absolute atomic E-state index is 2.74. The van der Waals surface area contributed by atoms with Crippen LogP contribution in [-0.2, 0) is 0 Å². The average Bonchev–Trinajstić information content (AvgIpc) is 2.87. The summed E-state index contributed by atoms with van der Waals surface area (Å²) in [5.41, 5.74) is 2.86. The fourth-order valence-electron chi connectivity index (χ4n) is 6.44. The van der Waals surface area contributed by atoms with Crippen LogP contribution >= 0.6 is 17.2 Å². The molecule has 120 valence electrons. The van der Waals surface area contributed by atoms with Crippen molar-refractivity contribution in [3.05, 3.63) is 0 Å². The number of rotatable bonds is 2. The van der Waals surface area contributed by atoms with Crippen molar-refractivity contribution >= 4 is 17.2 Å². The van der Waals surface area contributed by atoms with Crippen molar-refractivity contribution in [3.63, 3.8) is 0 Å². The Bertz CT molecular complexity index is 368. The molecule has 2 heteroatoms. The molecule has 0 nitrogen and oxygen atoms in total. The average molecular weight is 324 g/mol. The summed E-state index contributed by atoms with van der Waals surface area (Å²) in [5.74, 6) is 0. The van der Waals surface area contributed by atoms with E-state index in [1.54, 1.807) is 51.4 Å². The molecule has 0 saturated carbocycles. The molecule has 4 saturated heterocycles. The molecule has 4 aliphatic heterocycles. The highest BCUT2D eigenvalue weighted by Gasteiger charge is 2.60. The van der Waals surface area contributed by atoms with E-state index < -0.39 is 0 Å². The Morgan fingerprint density at radius 1 is 0.667 bits per heavy atom. The van der Waals surface area contributed by atoms with Crippen molar-refractivity contribution in [2.75, 3.05) is 0 Å². The van der Waals surface area contributed by atoms with Gasteiger partial charge in [-0.05, 0) is 78.4 Å². The number of fused-ring (bicyclic) bond motifs is 4. The van der Waals surface area contributed by atoms with Crippen LogP contribution in [0, 0.1) is 5.41 Å². The summed E-state index contributed by atoms with van der Waals surface area (Å²) < 4.78 is 0. The fourth-order valence-corrected chi connectivity index (χ4v) is 11.8. The third kappa shape index (κ3) is 2.30. The van der Waals surface area contributed by atoms with Crippen LogP contribution in [0.2, 0.25) is 0 Å². The first-order valence-electron chi connectivity index (χ1n) is 9.62. The number of hydrogen-bond donors (Lipinski definition) is 0. The molecule has 0 amide bonds. The van der Waals surface area contributed by atoms with Crippen LogP contribution in [0.5, 0.6) is 0 Å². The van der Waals surface area contributed by atoms with Crippen LogP contribution in [0.4, 0.5) is 0 Å². The standard InChI is InChI=1S/C19H34P2/c1-17(2,18-11-5-3-7-15(20-18)9-13-18)19-12-6-4-8-16(21-19)10-14-19/h15-16,20-21H,3-14H2,1-2H3. The summed E-state index contributed by atoms with van der Waals surface area (Å²) in [4.78, 5) is 0. The van der Waals surface area contributed by atoms with E-state index >= 15 is 0 Å². The van der Waals surface area contributed by atoms with Crippen molar-refractivity contribution in [1.82, 2.24) is 0 Å². The minimum absolute atomic E-state index is 0.620. The van der Waals surface area contributed by atoms with Crippen molar-refractivity contribution in [2.45, 2.75) is 113 Å². The molecular weight excluding hydrogens is 290 g/mol. The van der Waals surface area contributed by atoms with Crippen LogP contribution in [0.25, 0.3) is 0 Å². The summed E-state index contributed by atoms with van der Waals surface area (Å²) in [7, 11) is 2.61. The summed E-state index contributed by atoms with van der Waals surface area (Å²) in [5, 5.41) is 1.50. The highest BCUT2D eigenvalue weighted by molar-refractivity contribution is 7.43. The van der Waals surface area contributed by atoms with E-state index in [4.69, 9.17) is 0 Å². The molecule has 0 spiro atoms. The zero-order valence-electron chi connectivity index (χ0n) is 14.1. The van der Waals surface area contributed by atoms with E-state index in [1.807, 2.05) is 0 Å². The van der Waals surface area contributed by atoms with Gasteiger partial charge in [-0.3, -0.25) is 0 Å². The molecule has 0 N–H and O–H groups in total. The van der Waals surface area contributed by atoms with Gasteiger partial charge in [0.2, 0.25) is 0 Å². The van der Waals surface area contributed by atoms with Crippen LogP contribution in [0.1, 0.15) is 90.9 Å². The summed E-state index contributed by atoms with van der Waals surface area (Å²) in [6.45, 7) is 5.49. The van der Waals surface area contributed by atoms with Gasteiger partial charge in [0, 0.05) is 0 Å². The van der Waals surface area contributed by atoms with Gasteiger partial charge in [0.05, 0.1) is 0 Å². The summed E-state index contributed by atoms with van der Waals surface area (Å²) in [6.07, 6.45) is 18.7. The second kappa shape index (κ2) is 5.45. The lowest BCUT2D eigenvalue weighted by Gasteiger charge is -2.56. The SMILES string of the molecule is CC(C)(C12CCCCC(CC1)P2)C12CCCCC(CC1)P2. The third-order valence-corrected chi connectivity index (χ3v) is 13.3. The lowest BCUT2D eigenvalue weighted by molar-refractivity contribution is 0.136. The van der Waals surface area contributed by atoms with E-state index in [0.717, 1.165) is 21.6 Å². The molecule has 4 heterocycles. The van der Waals surface area contributed by atoms with Gasteiger partial charge in [-0.1, -0.05) is 39.5 Å². The van der Waals surface area contributed by atoms with Gasteiger partial charge in [0.1, 0.15) is 0 Å². The fraction of sp³-hybridized carbons (Fsp3) is 1.00. The maximum atomic E-state index is 2.74. The summed E-state index contributed by atoms with van der Waals surface area (Å²) >= 11 is 0. The molecule has 0 aliphatic carbocycles. The van der Waals surface area contributed by atoms with E-state index in [0.29, 0.717) is 5.41 Å². The Kier molecular flexibility index (Phi) is 3.99. The van der Waals surface area contributed by atoms with Crippen LogP contribution in [0.3, 0.4) is 0 Å². The normalized spacial score (nSPS) is 49.4. The topological polar surface area (TPSA) is 0 Å². The molecule has 0 aromatic heterocycles. The molecule has 0 radical (unpaired) electrons. The number of hydrogen-bond acceptors (Lipinski definition) is 0. The molecule has 6 atom stereocenters. The van der Waals surface area contributed by atoms with E-state index in [1.165, 1.54) is 42.8 Å². The molecule has 21 heavy (non-hydrogen) atoms. The predicted octanol–water partition coefficient (Wildman–Crippen LogP) is 6.32. The molecule has 0 aromatic rings. The molecular formula is C19H34P2.